The fraction of sp³-hybridized carbons (Fsp3) is 0.417. The van der Waals surface area contributed by atoms with E-state index in [1.165, 1.54) is 19.9 Å². The Labute approximate surface area is 195 Å². The van der Waals surface area contributed by atoms with E-state index in [0.717, 1.165) is 30.2 Å². The maximum Gasteiger partial charge on any atom is 0.416 e. The van der Waals surface area contributed by atoms with E-state index in [-0.39, 0.29) is 17.5 Å². The van der Waals surface area contributed by atoms with Gasteiger partial charge in [-0.05, 0) is 50.5 Å². The van der Waals surface area contributed by atoms with Crippen LogP contribution in [-0.2, 0) is 11.0 Å². The molecule has 2 N–H and O–H groups in total. The summed E-state index contributed by atoms with van der Waals surface area (Å²) in [6, 6.07) is 5.74. The maximum absolute atomic E-state index is 13.4. The molecule has 1 amide bonds. The molecule has 34 heavy (non-hydrogen) atoms. The number of nitrogens with zero attached hydrogens (tertiary/aromatic N) is 4. The first-order chi connectivity index (χ1) is 16.0. The molecular weight excluding hydrogens is 445 g/mol. The van der Waals surface area contributed by atoms with E-state index in [0.29, 0.717) is 29.3 Å². The molecule has 0 aliphatic carbocycles. The number of fused-ring (bicyclic) bond motifs is 1. The summed E-state index contributed by atoms with van der Waals surface area (Å²) in [5, 5.41) is 6.96. The number of rotatable bonds is 5. The van der Waals surface area contributed by atoms with Gasteiger partial charge in [0.15, 0.2) is 0 Å². The molecule has 2 aromatic heterocycles. The molecule has 1 aliphatic heterocycles. The molecule has 0 saturated carbocycles. The van der Waals surface area contributed by atoms with Crippen LogP contribution in [0.3, 0.4) is 0 Å². The lowest BCUT2D eigenvalue weighted by Crippen LogP contribution is -2.35. The van der Waals surface area contributed by atoms with Crippen molar-refractivity contribution >= 4 is 28.4 Å². The van der Waals surface area contributed by atoms with E-state index in [1.54, 1.807) is 19.2 Å². The van der Waals surface area contributed by atoms with Gasteiger partial charge >= 0.3 is 6.18 Å². The van der Waals surface area contributed by atoms with Crippen molar-refractivity contribution in [3.63, 3.8) is 0 Å². The highest BCUT2D eigenvalue weighted by atomic mass is 19.4. The molecule has 4 rings (SSSR count). The van der Waals surface area contributed by atoms with Gasteiger partial charge in [-0.15, -0.1) is 0 Å². The highest BCUT2D eigenvalue weighted by Gasteiger charge is 2.33. The molecule has 1 saturated heterocycles. The molecule has 0 spiro atoms. The molecule has 3 heterocycles. The molecule has 0 bridgehead atoms. The standard InChI is InChI=1S/C24H27F3N6O/c1-13-18(6-5-7-20(13)24(25,26)27)14(2)29-23-19-10-22(28-11-21(19)30-15(3)31-23)33-9-8-17(12-33)32-16(4)34/h5-7,10-11,14,17H,8-9,12H2,1-4H3,(H,32,34)(H,29,30,31)/t14-,17+/m1/s1. The molecule has 2 atom stereocenters. The van der Waals surface area contributed by atoms with Crippen molar-refractivity contribution < 1.29 is 18.0 Å². The molecule has 7 nitrogen and oxygen atoms in total. The highest BCUT2D eigenvalue weighted by molar-refractivity contribution is 5.90. The third-order valence-corrected chi connectivity index (χ3v) is 6.10. The van der Waals surface area contributed by atoms with Gasteiger partial charge in [-0.3, -0.25) is 4.79 Å². The van der Waals surface area contributed by atoms with Gasteiger partial charge in [-0.1, -0.05) is 12.1 Å². The second-order valence-electron chi connectivity index (χ2n) is 8.69. The van der Waals surface area contributed by atoms with E-state index in [9.17, 15) is 18.0 Å². The number of pyridine rings is 1. The van der Waals surface area contributed by atoms with E-state index < -0.39 is 17.8 Å². The van der Waals surface area contributed by atoms with Crippen LogP contribution in [0.2, 0.25) is 0 Å². The Morgan fingerprint density at radius 2 is 2.00 bits per heavy atom. The van der Waals surface area contributed by atoms with Crippen molar-refractivity contribution in [2.45, 2.75) is 52.4 Å². The number of alkyl halides is 3. The van der Waals surface area contributed by atoms with Crippen LogP contribution in [0.15, 0.2) is 30.5 Å². The van der Waals surface area contributed by atoms with Gasteiger partial charge in [-0.25, -0.2) is 15.0 Å². The van der Waals surface area contributed by atoms with Crippen LogP contribution in [0.4, 0.5) is 24.8 Å². The second-order valence-corrected chi connectivity index (χ2v) is 8.69. The number of amides is 1. The first kappa shape index (κ1) is 23.7. The molecule has 3 aromatic rings. The van der Waals surface area contributed by atoms with Gasteiger partial charge in [0.05, 0.1) is 23.3 Å². The molecule has 1 aromatic carbocycles. The number of benzene rings is 1. The molecule has 1 fully saturated rings. The summed E-state index contributed by atoms with van der Waals surface area (Å²) in [7, 11) is 0. The zero-order valence-electron chi connectivity index (χ0n) is 19.5. The normalized spacial score (nSPS) is 17.1. The number of anilines is 2. The average Bonchev–Trinajstić information content (AvgIpc) is 3.20. The monoisotopic (exact) mass is 472 g/mol. The summed E-state index contributed by atoms with van der Waals surface area (Å²) in [5.74, 6) is 1.74. The number of aryl methyl sites for hydroxylation is 1. The molecule has 10 heteroatoms. The SMILES string of the molecule is CC(=O)N[C@H]1CCN(c2cc3c(N[C@H](C)c4cccc(C(F)(F)F)c4C)nc(C)nc3cn2)C1. The van der Waals surface area contributed by atoms with Crippen molar-refractivity contribution in [2.24, 2.45) is 0 Å². The highest BCUT2D eigenvalue weighted by Crippen LogP contribution is 2.36. The number of hydrogen-bond acceptors (Lipinski definition) is 6. The minimum atomic E-state index is -4.41. The lowest BCUT2D eigenvalue weighted by atomic mass is 9.97. The van der Waals surface area contributed by atoms with E-state index >= 15 is 0 Å². The number of aromatic nitrogens is 3. The second kappa shape index (κ2) is 9.08. The molecule has 180 valence electrons. The number of nitrogens with one attached hydrogen (secondary N) is 2. The summed E-state index contributed by atoms with van der Waals surface area (Å²) < 4.78 is 40.2. The first-order valence-electron chi connectivity index (χ1n) is 11.1. The molecular formula is C24H27F3N6O. The maximum atomic E-state index is 13.4. The number of hydrogen-bond donors (Lipinski definition) is 2. The Bertz CT molecular complexity index is 1230. The summed E-state index contributed by atoms with van der Waals surface area (Å²) >= 11 is 0. The zero-order chi connectivity index (χ0) is 24.6. The Kier molecular flexibility index (Phi) is 6.33. The van der Waals surface area contributed by atoms with E-state index in [4.69, 9.17) is 0 Å². The van der Waals surface area contributed by atoms with Gasteiger partial charge in [0, 0.05) is 31.4 Å². The third kappa shape index (κ3) is 4.90. The third-order valence-electron chi connectivity index (χ3n) is 6.10. The topological polar surface area (TPSA) is 83.0 Å². The van der Waals surface area contributed by atoms with Gasteiger partial charge in [0.25, 0.3) is 0 Å². The Balaban J connectivity index is 1.65. The summed E-state index contributed by atoms with van der Waals surface area (Å²) in [4.78, 5) is 27.0. The average molecular weight is 473 g/mol. The summed E-state index contributed by atoms with van der Waals surface area (Å²) in [5.41, 5.74) is 0.737. The quantitative estimate of drug-likeness (QED) is 0.567. The van der Waals surface area contributed by atoms with Crippen LogP contribution in [0, 0.1) is 13.8 Å². The van der Waals surface area contributed by atoms with Crippen molar-refractivity contribution in [3.05, 3.63) is 53.0 Å². The molecule has 0 radical (unpaired) electrons. The fourth-order valence-corrected chi connectivity index (χ4v) is 4.51. The van der Waals surface area contributed by atoms with Crippen LogP contribution in [0.5, 0.6) is 0 Å². The van der Waals surface area contributed by atoms with Crippen molar-refractivity contribution in [2.75, 3.05) is 23.3 Å². The van der Waals surface area contributed by atoms with Gasteiger partial charge in [0.2, 0.25) is 5.91 Å². The Morgan fingerprint density at radius 1 is 1.24 bits per heavy atom. The minimum absolute atomic E-state index is 0.0609. The van der Waals surface area contributed by atoms with Crippen LogP contribution < -0.4 is 15.5 Å². The fourth-order valence-electron chi connectivity index (χ4n) is 4.51. The summed E-state index contributed by atoms with van der Waals surface area (Å²) in [6.07, 6.45) is -1.92. The Hall–Kier alpha value is -3.43. The predicted molar refractivity (Wildman–Crippen MR) is 125 cm³/mol. The minimum Gasteiger partial charge on any atom is -0.363 e. The number of carbonyl (C=O) groups excluding carboxylic acids is 1. The van der Waals surface area contributed by atoms with E-state index in [2.05, 4.69) is 30.5 Å². The first-order valence-corrected chi connectivity index (χ1v) is 11.1. The van der Waals surface area contributed by atoms with Gasteiger partial charge in [0.1, 0.15) is 17.5 Å². The lowest BCUT2D eigenvalue weighted by Gasteiger charge is -2.22. The van der Waals surface area contributed by atoms with Crippen LogP contribution in [0.25, 0.3) is 10.9 Å². The van der Waals surface area contributed by atoms with Crippen LogP contribution in [0.1, 0.15) is 48.8 Å². The lowest BCUT2D eigenvalue weighted by molar-refractivity contribution is -0.138. The molecule has 0 unspecified atom stereocenters. The number of halogens is 3. The van der Waals surface area contributed by atoms with Gasteiger partial charge < -0.3 is 15.5 Å². The summed E-state index contributed by atoms with van der Waals surface area (Å²) in [6.45, 7) is 7.96. The van der Waals surface area contributed by atoms with Crippen molar-refractivity contribution in [3.8, 4) is 0 Å². The predicted octanol–water partition coefficient (Wildman–Crippen LogP) is 4.55. The Morgan fingerprint density at radius 3 is 2.71 bits per heavy atom. The van der Waals surface area contributed by atoms with Crippen molar-refractivity contribution in [1.29, 1.82) is 0 Å². The molecule has 1 aliphatic rings. The number of carbonyl (C=O) groups is 1. The van der Waals surface area contributed by atoms with Crippen molar-refractivity contribution in [1.82, 2.24) is 20.3 Å². The van der Waals surface area contributed by atoms with Gasteiger partial charge in [-0.2, -0.15) is 13.2 Å². The van der Waals surface area contributed by atoms with Crippen LogP contribution >= 0.6 is 0 Å². The van der Waals surface area contributed by atoms with E-state index in [1.807, 2.05) is 13.0 Å². The smallest absolute Gasteiger partial charge is 0.363 e. The van der Waals surface area contributed by atoms with Crippen LogP contribution in [-0.4, -0.2) is 40.0 Å². The largest absolute Gasteiger partial charge is 0.416 e. The zero-order valence-corrected chi connectivity index (χ0v) is 19.5.